The largest absolute Gasteiger partial charge is 0.464 e. The summed E-state index contributed by atoms with van der Waals surface area (Å²) in [6, 6.07) is 14.9. The van der Waals surface area contributed by atoms with Crippen LogP contribution < -0.4 is 5.32 Å². The second-order valence-corrected chi connectivity index (χ2v) is 10.8. The van der Waals surface area contributed by atoms with Gasteiger partial charge in [-0.1, -0.05) is 47.5 Å². The molecule has 1 saturated carbocycles. The van der Waals surface area contributed by atoms with Crippen LogP contribution in [0.2, 0.25) is 10.0 Å². The molecule has 2 aromatic carbocycles. The van der Waals surface area contributed by atoms with Crippen LogP contribution in [-0.4, -0.2) is 51.9 Å². The number of aromatic nitrogens is 2. The fourth-order valence-electron chi connectivity index (χ4n) is 5.39. The highest BCUT2D eigenvalue weighted by molar-refractivity contribution is 6.35. The zero-order chi connectivity index (χ0) is 28.8. The Balaban J connectivity index is 1.46. The van der Waals surface area contributed by atoms with Gasteiger partial charge < -0.3 is 19.5 Å². The molecule has 3 heterocycles. The maximum Gasteiger partial charge on any atom is 0.356 e. The molecule has 6 rings (SSSR count). The van der Waals surface area contributed by atoms with Crippen molar-refractivity contribution in [2.75, 3.05) is 13.7 Å². The highest BCUT2D eigenvalue weighted by Crippen LogP contribution is 2.42. The maximum atomic E-state index is 14.0. The molecule has 1 N–H and O–H groups in total. The van der Waals surface area contributed by atoms with Crippen LogP contribution in [0.5, 0.6) is 0 Å². The first kappa shape index (κ1) is 26.8. The second-order valence-electron chi connectivity index (χ2n) is 9.98. The molecule has 2 aromatic heterocycles. The van der Waals surface area contributed by atoms with E-state index < -0.39 is 17.9 Å². The molecule has 0 bridgehead atoms. The van der Waals surface area contributed by atoms with E-state index in [0.29, 0.717) is 26.5 Å². The Bertz CT molecular complexity index is 1840. The summed E-state index contributed by atoms with van der Waals surface area (Å²) in [6.07, 6.45) is 3.08. The van der Waals surface area contributed by atoms with Crippen molar-refractivity contribution in [3.05, 3.63) is 81.1 Å². The van der Waals surface area contributed by atoms with Crippen molar-refractivity contribution in [1.29, 1.82) is 5.26 Å². The van der Waals surface area contributed by atoms with Gasteiger partial charge >= 0.3 is 5.97 Å². The van der Waals surface area contributed by atoms with Crippen molar-refractivity contribution in [2.24, 2.45) is 0 Å². The number of hydrogen-bond donors (Lipinski definition) is 1. The van der Waals surface area contributed by atoms with Crippen LogP contribution in [0.3, 0.4) is 0 Å². The third-order valence-electron chi connectivity index (χ3n) is 7.37. The maximum absolute atomic E-state index is 14.0. The minimum atomic E-state index is -1.12. The third kappa shape index (κ3) is 4.79. The van der Waals surface area contributed by atoms with Gasteiger partial charge in [-0.2, -0.15) is 5.26 Å². The minimum Gasteiger partial charge on any atom is -0.464 e. The van der Waals surface area contributed by atoms with Crippen molar-refractivity contribution in [1.82, 2.24) is 19.8 Å². The summed E-state index contributed by atoms with van der Waals surface area (Å²) in [5.74, 6) is -1.39. The van der Waals surface area contributed by atoms with E-state index in [1.807, 2.05) is 28.8 Å². The molecule has 2 aliphatic rings. The lowest BCUT2D eigenvalue weighted by Gasteiger charge is -2.29. The fourth-order valence-corrected chi connectivity index (χ4v) is 5.85. The second kappa shape index (κ2) is 10.5. The molecule has 41 heavy (non-hydrogen) atoms. The van der Waals surface area contributed by atoms with Crippen molar-refractivity contribution in [2.45, 2.75) is 31.5 Å². The lowest BCUT2D eigenvalue weighted by Crippen LogP contribution is -2.45. The number of nitrogens with one attached hydrogen (secondary N) is 1. The Morgan fingerprint density at radius 3 is 2.66 bits per heavy atom. The number of carbonyl (C=O) groups excluding carboxylic acids is 3. The van der Waals surface area contributed by atoms with E-state index in [9.17, 15) is 19.6 Å². The van der Waals surface area contributed by atoms with Gasteiger partial charge in [0.25, 0.3) is 0 Å². The molecule has 1 aliphatic heterocycles. The van der Waals surface area contributed by atoms with Gasteiger partial charge in [-0.05, 0) is 48.7 Å². The molecule has 0 spiro atoms. The number of amides is 2. The van der Waals surface area contributed by atoms with Gasteiger partial charge in [0.05, 0.1) is 30.9 Å². The molecule has 1 fully saturated rings. The number of halogens is 2. The van der Waals surface area contributed by atoms with E-state index in [1.54, 1.807) is 35.2 Å². The van der Waals surface area contributed by atoms with Gasteiger partial charge in [0.2, 0.25) is 11.8 Å². The first-order valence-corrected chi connectivity index (χ1v) is 13.7. The van der Waals surface area contributed by atoms with E-state index in [4.69, 9.17) is 27.9 Å². The highest BCUT2D eigenvalue weighted by Gasteiger charge is 2.45. The number of benzene rings is 2. The average Bonchev–Trinajstić information content (AvgIpc) is 3.78. The molecule has 9 nitrogen and oxygen atoms in total. The van der Waals surface area contributed by atoms with Crippen LogP contribution in [0, 0.1) is 11.3 Å². The SMILES string of the molecule is COC(=O)c1cc2c3ccccc3n3c2c(n1)C(C(=O)NC/C(C#N)=C/c1ccc(Cl)cc1Cl)N(C1CC1)C(=O)C3. The van der Waals surface area contributed by atoms with Gasteiger partial charge in [-0.3, -0.25) is 9.59 Å². The fraction of sp³-hybridized carbons (Fsp3) is 0.233. The molecular formula is C30H23Cl2N5O4. The smallest absolute Gasteiger partial charge is 0.356 e. The Hall–Kier alpha value is -4.39. The monoisotopic (exact) mass is 587 g/mol. The van der Waals surface area contributed by atoms with Crippen LogP contribution in [0.15, 0.2) is 54.1 Å². The number of rotatable bonds is 6. The topological polar surface area (TPSA) is 117 Å². The number of esters is 1. The molecule has 2 amide bonds. The molecule has 11 heteroatoms. The van der Waals surface area contributed by atoms with Crippen LogP contribution in [-0.2, 0) is 20.9 Å². The number of ether oxygens (including phenoxy) is 1. The number of fused-ring (bicyclic) bond motifs is 3. The molecule has 0 saturated heterocycles. The summed E-state index contributed by atoms with van der Waals surface area (Å²) >= 11 is 12.3. The van der Waals surface area contributed by atoms with Crippen molar-refractivity contribution in [3.8, 4) is 6.07 Å². The van der Waals surface area contributed by atoms with Gasteiger partial charge in [-0.15, -0.1) is 0 Å². The predicted octanol–water partition coefficient (Wildman–Crippen LogP) is 5.05. The molecule has 1 aliphatic carbocycles. The third-order valence-corrected chi connectivity index (χ3v) is 7.93. The molecule has 4 aromatic rings. The molecule has 0 radical (unpaired) electrons. The number of para-hydroxylation sites is 1. The summed E-state index contributed by atoms with van der Waals surface area (Å²) in [5.41, 5.74) is 2.56. The van der Waals surface area contributed by atoms with E-state index >= 15 is 0 Å². The van der Waals surface area contributed by atoms with Crippen LogP contribution in [0.1, 0.15) is 40.6 Å². The highest BCUT2D eigenvalue weighted by atomic mass is 35.5. The summed E-state index contributed by atoms with van der Waals surface area (Å²) in [4.78, 5) is 46.6. The zero-order valence-electron chi connectivity index (χ0n) is 21.9. The normalized spacial score (nSPS) is 16.9. The van der Waals surface area contributed by atoms with Gasteiger partial charge in [0.1, 0.15) is 12.2 Å². The van der Waals surface area contributed by atoms with Crippen molar-refractivity contribution < 1.29 is 19.1 Å². The van der Waals surface area contributed by atoms with E-state index in [-0.39, 0.29) is 42.0 Å². The van der Waals surface area contributed by atoms with E-state index in [1.165, 1.54) is 7.11 Å². The first-order valence-electron chi connectivity index (χ1n) is 13.0. The van der Waals surface area contributed by atoms with Crippen LogP contribution in [0.4, 0.5) is 0 Å². The van der Waals surface area contributed by atoms with Crippen molar-refractivity contribution in [3.63, 3.8) is 0 Å². The average molecular weight is 588 g/mol. The molecule has 1 atom stereocenters. The number of nitriles is 1. The Kier molecular flexibility index (Phi) is 6.89. The quantitative estimate of drug-likeness (QED) is 0.249. The number of pyridine rings is 1. The summed E-state index contributed by atoms with van der Waals surface area (Å²) in [7, 11) is 1.27. The van der Waals surface area contributed by atoms with Gasteiger partial charge in [0.15, 0.2) is 6.04 Å². The Morgan fingerprint density at radius 2 is 1.95 bits per heavy atom. The van der Waals surface area contributed by atoms with Gasteiger partial charge in [-0.25, -0.2) is 9.78 Å². The van der Waals surface area contributed by atoms with Crippen molar-refractivity contribution >= 4 is 68.9 Å². The lowest BCUT2D eigenvalue weighted by molar-refractivity contribution is -0.141. The first-order chi connectivity index (χ1) is 19.8. The minimum absolute atomic E-state index is 0.0228. The molecular weight excluding hydrogens is 565 g/mol. The lowest BCUT2D eigenvalue weighted by atomic mass is 10.0. The predicted molar refractivity (Wildman–Crippen MR) is 154 cm³/mol. The summed E-state index contributed by atoms with van der Waals surface area (Å²) < 4.78 is 6.83. The van der Waals surface area contributed by atoms with Gasteiger partial charge in [0, 0.05) is 37.9 Å². The molecule has 1 unspecified atom stereocenters. The number of hydrogen-bond acceptors (Lipinski definition) is 6. The van der Waals surface area contributed by atoms with E-state index in [2.05, 4.69) is 16.4 Å². The van der Waals surface area contributed by atoms with Crippen LogP contribution in [0.25, 0.3) is 27.9 Å². The number of nitrogens with zero attached hydrogens (tertiary/aromatic N) is 4. The number of carbonyl (C=O) groups is 3. The number of methoxy groups -OCH3 is 1. The van der Waals surface area contributed by atoms with E-state index in [0.717, 1.165) is 23.7 Å². The summed E-state index contributed by atoms with van der Waals surface area (Å²) in [5, 5.41) is 15.0. The Morgan fingerprint density at radius 1 is 1.17 bits per heavy atom. The Labute approximate surface area is 244 Å². The van der Waals surface area contributed by atoms with Crippen LogP contribution >= 0.6 is 23.2 Å². The standard InChI is InChI=1S/C30H23Cl2N5O4/c1-41-30(40)23-12-21-20-4-2-3-5-24(20)36-15-25(38)37(19-8-9-19)28(26(35-23)27(21)36)29(39)34-14-16(13-33)10-17-6-7-18(31)11-22(17)32/h2-7,10-12,19,28H,8-9,14-15H2,1H3,(H,34,39)/b16-10+. The zero-order valence-corrected chi connectivity index (χ0v) is 23.4. The molecule has 206 valence electrons. The summed E-state index contributed by atoms with van der Waals surface area (Å²) in [6.45, 7) is -0.0880.